The number of nitrogens with zero attached hydrogens (tertiary/aromatic N) is 3. The predicted molar refractivity (Wildman–Crippen MR) is 118 cm³/mol. The van der Waals surface area contributed by atoms with Crippen molar-refractivity contribution in [1.82, 2.24) is 14.8 Å². The van der Waals surface area contributed by atoms with Gasteiger partial charge >= 0.3 is 0 Å². The van der Waals surface area contributed by atoms with Gasteiger partial charge in [-0.2, -0.15) is 0 Å². The SMILES string of the molecule is c1ccc(CN2CCN(Cc3ccccc3)C2c2ccc3ccccc3n2)cc1. The summed E-state index contributed by atoms with van der Waals surface area (Å²) in [6, 6.07) is 34.3. The van der Waals surface area contributed by atoms with E-state index >= 15 is 0 Å². The molecular formula is C26H25N3. The first-order valence-corrected chi connectivity index (χ1v) is 10.3. The molecule has 0 bridgehead atoms. The van der Waals surface area contributed by atoms with Gasteiger partial charge in [0.2, 0.25) is 0 Å². The Bertz CT molecular complexity index is 1030. The summed E-state index contributed by atoms with van der Waals surface area (Å²) in [4.78, 5) is 10.2. The Labute approximate surface area is 172 Å². The fourth-order valence-corrected chi connectivity index (χ4v) is 4.30. The van der Waals surface area contributed by atoms with Crippen molar-refractivity contribution in [2.45, 2.75) is 19.3 Å². The number of rotatable bonds is 5. The summed E-state index contributed by atoms with van der Waals surface area (Å²) < 4.78 is 0. The predicted octanol–water partition coefficient (Wildman–Crippen LogP) is 5.25. The maximum atomic E-state index is 5.06. The molecule has 29 heavy (non-hydrogen) atoms. The van der Waals surface area contributed by atoms with Crippen molar-refractivity contribution >= 4 is 10.9 Å². The summed E-state index contributed by atoms with van der Waals surface area (Å²) >= 11 is 0. The highest BCUT2D eigenvalue weighted by Crippen LogP contribution is 2.32. The molecule has 0 unspecified atom stereocenters. The fraction of sp³-hybridized carbons (Fsp3) is 0.192. The molecule has 144 valence electrons. The van der Waals surface area contributed by atoms with Crippen molar-refractivity contribution in [2.75, 3.05) is 13.1 Å². The molecule has 0 aliphatic carbocycles. The molecule has 3 nitrogen and oxygen atoms in total. The average molecular weight is 380 g/mol. The molecule has 2 heterocycles. The van der Waals surface area contributed by atoms with Crippen molar-refractivity contribution in [2.24, 2.45) is 0 Å². The van der Waals surface area contributed by atoms with Crippen LogP contribution in [0.3, 0.4) is 0 Å². The van der Waals surface area contributed by atoms with Gasteiger partial charge in [-0.05, 0) is 23.3 Å². The highest BCUT2D eigenvalue weighted by molar-refractivity contribution is 5.78. The van der Waals surface area contributed by atoms with Gasteiger partial charge in [-0.15, -0.1) is 0 Å². The van der Waals surface area contributed by atoms with E-state index in [1.807, 2.05) is 0 Å². The van der Waals surface area contributed by atoms with Gasteiger partial charge in [-0.25, -0.2) is 4.98 Å². The second-order valence-electron chi connectivity index (χ2n) is 7.71. The molecule has 3 heteroatoms. The molecule has 1 aliphatic heterocycles. The number of aromatic nitrogens is 1. The molecular weight excluding hydrogens is 354 g/mol. The van der Waals surface area contributed by atoms with Crippen LogP contribution in [0.1, 0.15) is 23.0 Å². The van der Waals surface area contributed by atoms with Crippen molar-refractivity contribution in [1.29, 1.82) is 0 Å². The van der Waals surface area contributed by atoms with Crippen LogP contribution < -0.4 is 0 Å². The van der Waals surface area contributed by atoms with E-state index in [1.54, 1.807) is 0 Å². The third kappa shape index (κ3) is 3.93. The summed E-state index contributed by atoms with van der Waals surface area (Å²) in [5.74, 6) is 0. The van der Waals surface area contributed by atoms with Crippen LogP contribution in [0.5, 0.6) is 0 Å². The lowest BCUT2D eigenvalue weighted by Crippen LogP contribution is -2.31. The molecule has 0 amide bonds. The van der Waals surface area contributed by atoms with Crippen molar-refractivity contribution in [3.63, 3.8) is 0 Å². The van der Waals surface area contributed by atoms with Crippen LogP contribution in [0.4, 0.5) is 0 Å². The van der Waals surface area contributed by atoms with Crippen molar-refractivity contribution < 1.29 is 0 Å². The molecule has 3 aromatic carbocycles. The number of benzene rings is 3. The van der Waals surface area contributed by atoms with Crippen LogP contribution in [-0.4, -0.2) is 27.9 Å². The fourth-order valence-electron chi connectivity index (χ4n) is 4.30. The second kappa shape index (κ2) is 8.16. The van der Waals surface area contributed by atoms with Crippen molar-refractivity contribution in [3.05, 3.63) is 114 Å². The van der Waals surface area contributed by atoms with E-state index < -0.39 is 0 Å². The lowest BCUT2D eigenvalue weighted by Gasteiger charge is -2.30. The van der Waals surface area contributed by atoms with Gasteiger partial charge in [0, 0.05) is 31.6 Å². The van der Waals surface area contributed by atoms with Crippen LogP contribution in [-0.2, 0) is 13.1 Å². The van der Waals surface area contributed by atoms with Gasteiger partial charge in [0.1, 0.15) is 6.17 Å². The molecule has 0 spiro atoms. The maximum absolute atomic E-state index is 5.06. The molecule has 1 fully saturated rings. The number of para-hydroxylation sites is 1. The monoisotopic (exact) mass is 379 g/mol. The molecule has 0 atom stereocenters. The lowest BCUT2D eigenvalue weighted by molar-refractivity contribution is 0.122. The van der Waals surface area contributed by atoms with Gasteiger partial charge in [0.15, 0.2) is 0 Å². The van der Waals surface area contributed by atoms with Gasteiger partial charge in [-0.1, -0.05) is 84.9 Å². The summed E-state index contributed by atoms with van der Waals surface area (Å²) in [7, 11) is 0. The molecule has 4 aromatic rings. The molecule has 1 saturated heterocycles. The molecule has 0 saturated carbocycles. The van der Waals surface area contributed by atoms with Crippen LogP contribution in [0.2, 0.25) is 0 Å². The van der Waals surface area contributed by atoms with Crippen LogP contribution >= 0.6 is 0 Å². The Balaban J connectivity index is 1.49. The molecule has 5 rings (SSSR count). The minimum Gasteiger partial charge on any atom is -0.277 e. The van der Waals surface area contributed by atoms with E-state index in [0.29, 0.717) is 0 Å². The third-order valence-corrected chi connectivity index (χ3v) is 5.71. The average Bonchev–Trinajstić information content (AvgIpc) is 3.16. The highest BCUT2D eigenvalue weighted by atomic mass is 15.4. The van der Waals surface area contributed by atoms with Gasteiger partial charge in [0.25, 0.3) is 0 Å². The topological polar surface area (TPSA) is 19.4 Å². The van der Waals surface area contributed by atoms with Crippen LogP contribution in [0.25, 0.3) is 10.9 Å². The molecule has 1 aliphatic rings. The first-order valence-electron chi connectivity index (χ1n) is 10.3. The van der Waals surface area contributed by atoms with Crippen LogP contribution in [0.15, 0.2) is 97.1 Å². The largest absolute Gasteiger partial charge is 0.277 e. The van der Waals surface area contributed by atoms with E-state index in [-0.39, 0.29) is 6.17 Å². The minimum absolute atomic E-state index is 0.181. The summed E-state index contributed by atoms with van der Waals surface area (Å²) in [5, 5.41) is 1.19. The lowest BCUT2D eigenvalue weighted by atomic mass is 10.1. The Kier molecular flexibility index (Phi) is 5.08. The number of pyridine rings is 1. The van der Waals surface area contributed by atoms with E-state index in [0.717, 1.165) is 37.4 Å². The molecule has 0 N–H and O–H groups in total. The van der Waals surface area contributed by atoms with Crippen molar-refractivity contribution in [3.8, 4) is 0 Å². The zero-order valence-corrected chi connectivity index (χ0v) is 16.5. The Morgan fingerprint density at radius 2 is 1.17 bits per heavy atom. The first kappa shape index (κ1) is 18.0. The zero-order valence-electron chi connectivity index (χ0n) is 16.5. The second-order valence-corrected chi connectivity index (χ2v) is 7.71. The zero-order chi connectivity index (χ0) is 19.5. The van der Waals surface area contributed by atoms with E-state index in [9.17, 15) is 0 Å². The van der Waals surface area contributed by atoms with Gasteiger partial charge < -0.3 is 0 Å². The van der Waals surface area contributed by atoms with Gasteiger partial charge in [0.05, 0.1) is 11.2 Å². The van der Waals surface area contributed by atoms with E-state index in [2.05, 4.69) is 107 Å². The Hall–Kier alpha value is -3.01. The number of fused-ring (bicyclic) bond motifs is 1. The Morgan fingerprint density at radius 3 is 1.79 bits per heavy atom. The Morgan fingerprint density at radius 1 is 0.621 bits per heavy atom. The smallest absolute Gasteiger partial charge is 0.107 e. The first-order chi connectivity index (χ1) is 14.4. The highest BCUT2D eigenvalue weighted by Gasteiger charge is 2.34. The third-order valence-electron chi connectivity index (χ3n) is 5.71. The van der Waals surface area contributed by atoms with E-state index in [1.165, 1.54) is 16.5 Å². The summed E-state index contributed by atoms with van der Waals surface area (Å²) in [6.07, 6.45) is 0.181. The van der Waals surface area contributed by atoms with Crippen LogP contribution in [0, 0.1) is 0 Å². The maximum Gasteiger partial charge on any atom is 0.107 e. The van der Waals surface area contributed by atoms with E-state index in [4.69, 9.17) is 4.98 Å². The summed E-state index contributed by atoms with van der Waals surface area (Å²) in [6.45, 7) is 3.96. The molecule has 1 aromatic heterocycles. The quantitative estimate of drug-likeness (QED) is 0.472. The summed E-state index contributed by atoms with van der Waals surface area (Å²) in [5.41, 5.74) is 4.89. The minimum atomic E-state index is 0.181. The number of hydrogen-bond donors (Lipinski definition) is 0. The molecule has 0 radical (unpaired) electrons. The van der Waals surface area contributed by atoms with Gasteiger partial charge in [-0.3, -0.25) is 9.80 Å². The number of hydrogen-bond acceptors (Lipinski definition) is 3. The standard InChI is InChI=1S/C26H25N3/c1-3-9-21(10-4-1)19-28-17-18-29(20-22-11-5-2-6-12-22)26(28)25-16-15-23-13-7-8-14-24(23)27-25/h1-16,26H,17-20H2. The normalized spacial score (nSPS) is 15.9.